The first-order valence-corrected chi connectivity index (χ1v) is 17.5. The summed E-state index contributed by atoms with van der Waals surface area (Å²) < 4.78 is 0. The molecule has 40 heavy (non-hydrogen) atoms. The topological polar surface area (TPSA) is 0 Å². The summed E-state index contributed by atoms with van der Waals surface area (Å²) in [5, 5.41) is 9.61. The van der Waals surface area contributed by atoms with Crippen LogP contribution in [0.3, 0.4) is 0 Å². The Kier molecular flexibility index (Phi) is 4.83. The van der Waals surface area contributed by atoms with E-state index in [-0.39, 0.29) is 5.41 Å². The molecule has 1 aliphatic heterocycles. The van der Waals surface area contributed by atoms with Gasteiger partial charge in [-0.1, -0.05) is 142 Å². The van der Waals surface area contributed by atoms with Crippen molar-refractivity contribution in [2.45, 2.75) is 32.4 Å². The molecule has 0 nitrogen and oxygen atoms in total. The smallest absolute Gasteiger partial charge is 0.0903 e. The van der Waals surface area contributed by atoms with Gasteiger partial charge < -0.3 is 0 Å². The molecule has 0 fully saturated rings. The third-order valence-corrected chi connectivity index (χ3v) is 12.4. The fourth-order valence-electron chi connectivity index (χ4n) is 7.56. The number of hydrogen-bond donors (Lipinski definition) is 0. The van der Waals surface area contributed by atoms with Crippen LogP contribution in [0.15, 0.2) is 121 Å². The van der Waals surface area contributed by atoms with E-state index < -0.39 is 8.07 Å². The monoisotopic (exact) mass is 528 g/mol. The molecule has 0 saturated heterocycles. The molecule has 8 rings (SSSR count). The Hall–Kier alpha value is -4.20. The molecule has 1 aliphatic carbocycles. The molecule has 0 bridgehead atoms. The lowest BCUT2D eigenvalue weighted by atomic mass is 9.79. The van der Waals surface area contributed by atoms with E-state index in [0.717, 1.165) is 0 Å². The summed E-state index contributed by atoms with van der Waals surface area (Å²) in [5.41, 5.74) is 12.1. The van der Waals surface area contributed by atoms with Gasteiger partial charge in [0.05, 0.1) is 0 Å². The predicted octanol–water partition coefficient (Wildman–Crippen LogP) is 10.9. The second-order valence-electron chi connectivity index (χ2n) is 12.6. The molecule has 6 aromatic carbocycles. The quantitative estimate of drug-likeness (QED) is 0.155. The minimum Gasteiger partial charge on any atom is -0.0903 e. The number of hydrogen-bond acceptors (Lipinski definition) is 0. The van der Waals surface area contributed by atoms with Crippen molar-refractivity contribution in [2.24, 2.45) is 0 Å². The van der Waals surface area contributed by atoms with Gasteiger partial charge in [0.15, 0.2) is 0 Å². The summed E-state index contributed by atoms with van der Waals surface area (Å²) in [5.74, 6) is 0. The van der Waals surface area contributed by atoms with Crippen molar-refractivity contribution in [2.75, 3.05) is 0 Å². The van der Waals surface area contributed by atoms with Gasteiger partial charge in [0, 0.05) is 5.41 Å². The van der Waals surface area contributed by atoms with Crippen LogP contribution >= 0.6 is 0 Å². The predicted molar refractivity (Wildman–Crippen MR) is 177 cm³/mol. The first-order valence-electron chi connectivity index (χ1n) is 14.4. The summed E-state index contributed by atoms with van der Waals surface area (Å²) in [4.78, 5) is 0. The lowest BCUT2D eigenvalue weighted by molar-refractivity contribution is 0.661. The molecule has 2 aliphatic rings. The maximum Gasteiger partial charge on any atom is 0.105 e. The lowest BCUT2D eigenvalue weighted by Crippen LogP contribution is -2.23. The highest BCUT2D eigenvalue weighted by atomic mass is 28.3. The second-order valence-corrected chi connectivity index (χ2v) is 16.9. The highest BCUT2D eigenvalue weighted by molar-refractivity contribution is 6.99. The molecule has 0 radical (unpaired) electrons. The van der Waals surface area contributed by atoms with Crippen molar-refractivity contribution in [1.82, 2.24) is 0 Å². The van der Waals surface area contributed by atoms with Gasteiger partial charge in [-0.2, -0.15) is 0 Å². The zero-order chi connectivity index (χ0) is 27.2. The van der Waals surface area contributed by atoms with Gasteiger partial charge in [0.1, 0.15) is 8.07 Å². The number of benzene rings is 6. The van der Waals surface area contributed by atoms with Crippen molar-refractivity contribution < 1.29 is 0 Å². The fraction of sp³-hybridized carbons (Fsp3) is 0.128. The number of fused-ring (bicyclic) bond motifs is 7. The van der Waals surface area contributed by atoms with Crippen LogP contribution in [-0.4, -0.2) is 8.07 Å². The van der Waals surface area contributed by atoms with E-state index >= 15 is 0 Å². The molecule has 0 amide bonds. The minimum atomic E-state index is -1.67. The normalized spacial score (nSPS) is 16.4. The number of allylic oxidation sites excluding steroid dienone is 2. The largest absolute Gasteiger partial charge is 0.105 e. The van der Waals surface area contributed by atoms with Crippen molar-refractivity contribution in [3.8, 4) is 22.3 Å². The average molecular weight is 529 g/mol. The molecule has 1 heteroatoms. The van der Waals surface area contributed by atoms with E-state index in [2.05, 4.69) is 148 Å². The van der Waals surface area contributed by atoms with E-state index in [9.17, 15) is 0 Å². The minimum absolute atomic E-state index is 0.0633. The summed E-state index contributed by atoms with van der Waals surface area (Å²) in [6, 6.07) is 38.8. The summed E-state index contributed by atoms with van der Waals surface area (Å²) >= 11 is 0. The Morgan fingerprint density at radius 2 is 1.00 bits per heavy atom. The summed E-state index contributed by atoms with van der Waals surface area (Å²) in [6.45, 7) is 9.71. The van der Waals surface area contributed by atoms with E-state index in [1.165, 1.54) is 76.5 Å². The van der Waals surface area contributed by atoms with Crippen LogP contribution in [-0.2, 0) is 5.41 Å². The number of rotatable bonds is 2. The van der Waals surface area contributed by atoms with Crippen LogP contribution < -0.4 is 0 Å². The van der Waals surface area contributed by atoms with E-state index in [1.54, 1.807) is 0 Å². The average Bonchev–Trinajstić information content (AvgIpc) is 3.44. The molecule has 6 aromatic rings. The Morgan fingerprint density at radius 3 is 1.57 bits per heavy atom. The van der Waals surface area contributed by atoms with Gasteiger partial charge in [-0.25, -0.2) is 0 Å². The van der Waals surface area contributed by atoms with Crippen molar-refractivity contribution in [3.05, 3.63) is 138 Å². The van der Waals surface area contributed by atoms with E-state index in [4.69, 9.17) is 0 Å². The SMILES string of the molecule is CC1(C)c2ccccc2-c2c1cc(-c1c3ccccc3c(C3=CC=C[Si]3(C)C)c3ccccc13)c1ccccc21. The summed E-state index contributed by atoms with van der Waals surface area (Å²) in [7, 11) is -1.67. The van der Waals surface area contributed by atoms with Gasteiger partial charge in [0.25, 0.3) is 0 Å². The molecule has 0 aromatic heterocycles. The standard InChI is InChI=1S/C39H32Si/c1-39(2)33-21-12-11-20-31(33)37-26-15-6-5-14-25(26)32(24-34(37)39)36-27-16-7-9-18-29(27)38(30-19-10-8-17-28(30)36)35-22-13-23-40(35,3)4/h5-24H,1-4H3. The zero-order valence-corrected chi connectivity index (χ0v) is 24.5. The Bertz CT molecular complexity index is 2050. The van der Waals surface area contributed by atoms with Crippen LogP contribution in [0.5, 0.6) is 0 Å². The Balaban J connectivity index is 1.55. The molecule has 0 spiro atoms. The van der Waals surface area contributed by atoms with Crippen LogP contribution in [0.2, 0.25) is 13.1 Å². The van der Waals surface area contributed by atoms with Gasteiger partial charge in [-0.3, -0.25) is 0 Å². The Labute approximate surface area is 237 Å². The zero-order valence-electron chi connectivity index (χ0n) is 23.5. The molecule has 1 heterocycles. The van der Waals surface area contributed by atoms with Crippen LogP contribution in [0.1, 0.15) is 30.5 Å². The highest BCUT2D eigenvalue weighted by Crippen LogP contribution is 2.54. The van der Waals surface area contributed by atoms with Crippen LogP contribution in [0, 0.1) is 0 Å². The lowest BCUT2D eigenvalue weighted by Gasteiger charge is -2.26. The molecule has 0 saturated carbocycles. The first-order chi connectivity index (χ1) is 19.4. The maximum atomic E-state index is 2.53. The third-order valence-electron chi connectivity index (χ3n) is 9.53. The molecule has 0 N–H and O–H groups in total. The van der Waals surface area contributed by atoms with Gasteiger partial charge in [-0.05, 0) is 82.5 Å². The third kappa shape index (κ3) is 3.07. The van der Waals surface area contributed by atoms with Gasteiger partial charge in [-0.15, -0.1) is 0 Å². The molecule has 192 valence electrons. The first kappa shape index (κ1) is 23.7. The van der Waals surface area contributed by atoms with Crippen LogP contribution in [0.25, 0.3) is 59.8 Å². The molecular weight excluding hydrogens is 497 g/mol. The van der Waals surface area contributed by atoms with Crippen LogP contribution in [0.4, 0.5) is 0 Å². The van der Waals surface area contributed by atoms with Crippen molar-refractivity contribution in [3.63, 3.8) is 0 Å². The van der Waals surface area contributed by atoms with Crippen molar-refractivity contribution >= 4 is 45.6 Å². The Morgan fingerprint density at radius 1 is 0.500 bits per heavy atom. The van der Waals surface area contributed by atoms with Gasteiger partial charge in [0.2, 0.25) is 0 Å². The van der Waals surface area contributed by atoms with Gasteiger partial charge >= 0.3 is 0 Å². The maximum absolute atomic E-state index is 2.53. The van der Waals surface area contributed by atoms with Crippen molar-refractivity contribution in [1.29, 1.82) is 0 Å². The second kappa shape index (κ2) is 8.16. The van der Waals surface area contributed by atoms with E-state index in [1.807, 2.05) is 0 Å². The van der Waals surface area contributed by atoms with E-state index in [0.29, 0.717) is 0 Å². The fourth-order valence-corrected chi connectivity index (χ4v) is 9.76. The summed E-state index contributed by atoms with van der Waals surface area (Å²) in [6.07, 6.45) is 4.66. The molecule has 0 unspecified atom stereocenters. The highest BCUT2D eigenvalue weighted by Gasteiger charge is 2.37. The molecule has 0 atom stereocenters. The molecular formula is C39H32Si.